The molecule has 1 aromatic carbocycles. The largest absolute Gasteiger partial charge is 0.486 e. The van der Waals surface area contributed by atoms with Crippen molar-refractivity contribution >= 4 is 6.03 Å². The van der Waals surface area contributed by atoms with Crippen LogP contribution in [-0.4, -0.2) is 37.4 Å². The Bertz CT molecular complexity index is 708. The molecule has 1 aliphatic rings. The van der Waals surface area contributed by atoms with Gasteiger partial charge >= 0.3 is 6.03 Å². The van der Waals surface area contributed by atoms with Crippen LogP contribution in [0, 0.1) is 0 Å². The molecule has 7 nitrogen and oxygen atoms in total. The minimum atomic E-state index is -0.289. The fraction of sp³-hybridized carbons (Fsp3) is 0.294. The molecular formula is C17H19N3O4. The van der Waals surface area contributed by atoms with E-state index in [1.165, 1.54) is 0 Å². The Morgan fingerprint density at radius 3 is 2.92 bits per heavy atom. The molecule has 2 aromatic rings. The van der Waals surface area contributed by atoms with E-state index in [1.54, 1.807) is 19.4 Å². The van der Waals surface area contributed by atoms with Crippen molar-refractivity contribution in [3.05, 3.63) is 48.2 Å². The molecule has 2 amide bonds. The lowest BCUT2D eigenvalue weighted by Crippen LogP contribution is -2.44. The van der Waals surface area contributed by atoms with Crippen LogP contribution in [-0.2, 0) is 6.54 Å². The summed E-state index contributed by atoms with van der Waals surface area (Å²) in [5.74, 6) is 1.91. The molecule has 3 rings (SSSR count). The number of nitrogens with zero attached hydrogens (tertiary/aromatic N) is 1. The maximum absolute atomic E-state index is 11.9. The summed E-state index contributed by atoms with van der Waals surface area (Å²) in [6, 6.07) is 10.8. The highest BCUT2D eigenvalue weighted by molar-refractivity contribution is 5.73. The van der Waals surface area contributed by atoms with Gasteiger partial charge in [-0.2, -0.15) is 0 Å². The summed E-state index contributed by atoms with van der Waals surface area (Å²) in [4.78, 5) is 16.0. The van der Waals surface area contributed by atoms with Crippen LogP contribution in [0.4, 0.5) is 4.79 Å². The minimum Gasteiger partial charge on any atom is -0.486 e. The molecule has 2 N–H and O–H groups in total. The number of fused-ring (bicyclic) bond motifs is 1. The van der Waals surface area contributed by atoms with Crippen LogP contribution in [0.15, 0.2) is 42.6 Å². The lowest BCUT2D eigenvalue weighted by molar-refractivity contribution is 0.0918. The Kier molecular flexibility index (Phi) is 5.00. The Morgan fingerprint density at radius 2 is 2.08 bits per heavy atom. The van der Waals surface area contributed by atoms with E-state index in [1.807, 2.05) is 30.3 Å². The van der Waals surface area contributed by atoms with Crippen molar-refractivity contribution < 1.29 is 19.0 Å². The van der Waals surface area contributed by atoms with Gasteiger partial charge in [0.05, 0.1) is 13.7 Å². The average Bonchev–Trinajstić information content (AvgIpc) is 2.64. The van der Waals surface area contributed by atoms with Gasteiger partial charge in [-0.3, -0.25) is 0 Å². The Balaban J connectivity index is 1.45. The summed E-state index contributed by atoms with van der Waals surface area (Å²) < 4.78 is 16.5. The second-order valence-corrected chi connectivity index (χ2v) is 5.23. The molecule has 2 heterocycles. The number of benzene rings is 1. The number of nitrogens with one attached hydrogen (secondary N) is 2. The van der Waals surface area contributed by atoms with Gasteiger partial charge in [-0.05, 0) is 18.2 Å². The van der Waals surface area contributed by atoms with Gasteiger partial charge in [0.1, 0.15) is 6.61 Å². The molecule has 24 heavy (non-hydrogen) atoms. The number of para-hydroxylation sites is 2. The van der Waals surface area contributed by atoms with Crippen molar-refractivity contribution in [1.29, 1.82) is 0 Å². The summed E-state index contributed by atoms with van der Waals surface area (Å²) in [6.07, 6.45) is 1.42. The zero-order chi connectivity index (χ0) is 16.8. The fourth-order valence-corrected chi connectivity index (χ4v) is 2.35. The summed E-state index contributed by atoms with van der Waals surface area (Å²) >= 11 is 0. The third-order valence-corrected chi connectivity index (χ3v) is 3.54. The standard InChI is InChI=1S/C17H19N3O4/c1-22-16-12(5-4-8-18-16)9-19-17(21)20-10-13-11-23-14-6-2-3-7-15(14)24-13/h2-8,13H,9-11H2,1H3,(H2,19,20,21)/t13-/m0/s1. The monoisotopic (exact) mass is 329 g/mol. The van der Waals surface area contributed by atoms with Gasteiger partial charge in [0.2, 0.25) is 5.88 Å². The fourth-order valence-electron chi connectivity index (χ4n) is 2.35. The molecule has 0 unspecified atom stereocenters. The quantitative estimate of drug-likeness (QED) is 0.873. The number of amides is 2. The molecule has 0 spiro atoms. The number of ether oxygens (including phenoxy) is 3. The van der Waals surface area contributed by atoms with Crippen molar-refractivity contribution in [2.45, 2.75) is 12.6 Å². The highest BCUT2D eigenvalue weighted by atomic mass is 16.6. The van der Waals surface area contributed by atoms with E-state index in [0.29, 0.717) is 31.3 Å². The highest BCUT2D eigenvalue weighted by Gasteiger charge is 2.20. The first kappa shape index (κ1) is 15.9. The average molecular weight is 329 g/mol. The molecule has 1 aliphatic heterocycles. The van der Waals surface area contributed by atoms with Crippen LogP contribution in [0.5, 0.6) is 17.4 Å². The number of hydrogen-bond donors (Lipinski definition) is 2. The van der Waals surface area contributed by atoms with Crippen LogP contribution < -0.4 is 24.8 Å². The highest BCUT2D eigenvalue weighted by Crippen LogP contribution is 2.30. The van der Waals surface area contributed by atoms with Gasteiger partial charge in [-0.25, -0.2) is 9.78 Å². The van der Waals surface area contributed by atoms with Gasteiger partial charge in [0.25, 0.3) is 0 Å². The number of hydrogen-bond acceptors (Lipinski definition) is 5. The predicted octanol–water partition coefficient (Wildman–Crippen LogP) is 1.73. The molecule has 1 atom stereocenters. The molecule has 7 heteroatoms. The van der Waals surface area contributed by atoms with Crippen molar-refractivity contribution in [1.82, 2.24) is 15.6 Å². The third-order valence-electron chi connectivity index (χ3n) is 3.54. The summed E-state index contributed by atoms with van der Waals surface area (Å²) in [6.45, 7) is 1.08. The lowest BCUT2D eigenvalue weighted by atomic mass is 10.2. The first-order valence-electron chi connectivity index (χ1n) is 7.64. The molecular weight excluding hydrogens is 310 g/mol. The van der Waals surface area contributed by atoms with Crippen LogP contribution in [0.2, 0.25) is 0 Å². The van der Waals surface area contributed by atoms with Gasteiger partial charge in [0, 0.05) is 18.3 Å². The Hall–Kier alpha value is -2.96. The zero-order valence-corrected chi connectivity index (χ0v) is 13.3. The maximum Gasteiger partial charge on any atom is 0.315 e. The van der Waals surface area contributed by atoms with Gasteiger partial charge in [-0.1, -0.05) is 18.2 Å². The van der Waals surface area contributed by atoms with E-state index in [-0.39, 0.29) is 12.1 Å². The van der Waals surface area contributed by atoms with E-state index in [9.17, 15) is 4.79 Å². The number of urea groups is 1. The maximum atomic E-state index is 11.9. The van der Waals surface area contributed by atoms with Crippen molar-refractivity contribution in [2.75, 3.05) is 20.3 Å². The summed E-state index contributed by atoms with van der Waals surface area (Å²) in [5.41, 5.74) is 0.807. The summed E-state index contributed by atoms with van der Waals surface area (Å²) in [5, 5.41) is 5.54. The van der Waals surface area contributed by atoms with Crippen LogP contribution in [0.1, 0.15) is 5.56 Å². The number of aromatic nitrogens is 1. The molecule has 1 aromatic heterocycles. The van der Waals surface area contributed by atoms with Gasteiger partial charge < -0.3 is 24.8 Å². The molecule has 0 radical (unpaired) electrons. The van der Waals surface area contributed by atoms with E-state index in [0.717, 1.165) is 11.3 Å². The third kappa shape index (κ3) is 3.87. The SMILES string of the molecule is COc1ncccc1CNC(=O)NC[C@H]1COc2ccccc2O1. The number of pyridine rings is 1. The minimum absolute atomic E-state index is 0.224. The van der Waals surface area contributed by atoms with Gasteiger partial charge in [0.15, 0.2) is 17.6 Å². The van der Waals surface area contributed by atoms with Crippen LogP contribution >= 0.6 is 0 Å². The van der Waals surface area contributed by atoms with E-state index < -0.39 is 0 Å². The molecule has 126 valence electrons. The van der Waals surface area contributed by atoms with E-state index >= 15 is 0 Å². The molecule has 0 fully saturated rings. The zero-order valence-electron chi connectivity index (χ0n) is 13.3. The molecule has 0 aliphatic carbocycles. The van der Waals surface area contributed by atoms with Crippen molar-refractivity contribution in [2.24, 2.45) is 0 Å². The molecule has 0 saturated carbocycles. The normalized spacial score (nSPS) is 15.5. The lowest BCUT2D eigenvalue weighted by Gasteiger charge is -2.26. The first-order valence-corrected chi connectivity index (χ1v) is 7.64. The van der Waals surface area contributed by atoms with Crippen LogP contribution in [0.3, 0.4) is 0 Å². The van der Waals surface area contributed by atoms with E-state index in [2.05, 4.69) is 15.6 Å². The van der Waals surface area contributed by atoms with Crippen LogP contribution in [0.25, 0.3) is 0 Å². The second kappa shape index (κ2) is 7.54. The first-order chi connectivity index (χ1) is 11.8. The Morgan fingerprint density at radius 1 is 1.25 bits per heavy atom. The van der Waals surface area contributed by atoms with E-state index in [4.69, 9.17) is 14.2 Å². The van der Waals surface area contributed by atoms with Crippen molar-refractivity contribution in [3.63, 3.8) is 0 Å². The number of carbonyl (C=O) groups excluding carboxylic acids is 1. The number of rotatable bonds is 5. The van der Waals surface area contributed by atoms with Crippen molar-refractivity contribution in [3.8, 4) is 17.4 Å². The smallest absolute Gasteiger partial charge is 0.315 e. The predicted molar refractivity (Wildman–Crippen MR) is 87.4 cm³/mol. The molecule has 0 bridgehead atoms. The van der Waals surface area contributed by atoms with Gasteiger partial charge in [-0.15, -0.1) is 0 Å². The number of methoxy groups -OCH3 is 1. The topological polar surface area (TPSA) is 81.7 Å². The summed E-state index contributed by atoms with van der Waals surface area (Å²) in [7, 11) is 1.55. The Labute approximate surface area is 139 Å². The number of carbonyl (C=O) groups is 1. The second-order valence-electron chi connectivity index (χ2n) is 5.23. The molecule has 0 saturated heterocycles.